The summed E-state index contributed by atoms with van der Waals surface area (Å²) in [4.78, 5) is 11.3. The Morgan fingerprint density at radius 1 is 1.50 bits per heavy atom. The third kappa shape index (κ3) is 8.51. The van der Waals surface area contributed by atoms with Gasteiger partial charge >= 0.3 is 0 Å². The second-order valence-electron chi connectivity index (χ2n) is 3.40. The van der Waals surface area contributed by atoms with Gasteiger partial charge in [-0.1, -0.05) is 15.9 Å². The summed E-state index contributed by atoms with van der Waals surface area (Å²) in [5, 5.41) is 3.91. The summed E-state index contributed by atoms with van der Waals surface area (Å²) in [6.07, 6.45) is 3.51. The molecule has 0 aliphatic rings. The number of carbonyl (C=O) groups excluding carboxylic acids is 1. The molecule has 1 unspecified atom stereocenters. The first-order valence-corrected chi connectivity index (χ1v) is 6.17. The Balaban J connectivity index is 3.40. The molecule has 0 rings (SSSR count). The maximum absolute atomic E-state index is 11.3. The minimum Gasteiger partial charge on any atom is -0.385 e. The van der Waals surface area contributed by atoms with Gasteiger partial charge in [-0.25, -0.2) is 0 Å². The van der Waals surface area contributed by atoms with Crippen LogP contribution < -0.4 is 5.32 Å². The number of alkyl halides is 1. The molecule has 0 saturated carbocycles. The molecule has 0 aliphatic heterocycles. The Morgan fingerprint density at radius 3 is 2.79 bits per heavy atom. The molecule has 1 N–H and O–H groups in total. The van der Waals surface area contributed by atoms with Crippen LogP contribution in [0.25, 0.3) is 0 Å². The molecule has 3 nitrogen and oxygen atoms in total. The number of nitrogens with one attached hydrogen (secondary N) is 1. The lowest BCUT2D eigenvalue weighted by Gasteiger charge is -2.12. The minimum absolute atomic E-state index is 0.148. The van der Waals surface area contributed by atoms with Crippen LogP contribution in [0.4, 0.5) is 0 Å². The molecule has 0 spiro atoms. The number of ether oxygens (including phenoxy) is 1. The number of hydrogen-bond acceptors (Lipinski definition) is 2. The Morgan fingerprint density at radius 2 is 2.21 bits per heavy atom. The Kier molecular flexibility index (Phi) is 9.40. The molecule has 0 fully saturated rings. The molecule has 14 heavy (non-hydrogen) atoms. The van der Waals surface area contributed by atoms with Crippen molar-refractivity contribution in [1.82, 2.24) is 5.32 Å². The van der Waals surface area contributed by atoms with Gasteiger partial charge in [0.25, 0.3) is 0 Å². The summed E-state index contributed by atoms with van der Waals surface area (Å²) >= 11 is 3.34. The average molecular weight is 266 g/mol. The predicted molar refractivity (Wildman–Crippen MR) is 61.7 cm³/mol. The fraction of sp³-hybridized carbons (Fsp3) is 0.900. The van der Waals surface area contributed by atoms with Gasteiger partial charge in [-0.3, -0.25) is 4.79 Å². The molecule has 1 amide bonds. The van der Waals surface area contributed by atoms with E-state index in [0.29, 0.717) is 13.0 Å². The molecule has 4 heteroatoms. The summed E-state index contributed by atoms with van der Waals surface area (Å²) in [7, 11) is 1.67. The van der Waals surface area contributed by atoms with Crippen molar-refractivity contribution in [2.45, 2.75) is 38.6 Å². The SMILES string of the molecule is COCCC(C)NC(=O)CCCCBr. The average Bonchev–Trinajstić information content (AvgIpc) is 2.15. The van der Waals surface area contributed by atoms with Gasteiger partial charge in [0.05, 0.1) is 0 Å². The van der Waals surface area contributed by atoms with Gasteiger partial charge in [0, 0.05) is 31.5 Å². The van der Waals surface area contributed by atoms with Crippen molar-refractivity contribution < 1.29 is 9.53 Å². The van der Waals surface area contributed by atoms with Gasteiger partial charge in [-0.2, -0.15) is 0 Å². The van der Waals surface area contributed by atoms with Crippen molar-refractivity contribution in [3.8, 4) is 0 Å². The van der Waals surface area contributed by atoms with Crippen molar-refractivity contribution in [2.75, 3.05) is 19.0 Å². The highest BCUT2D eigenvalue weighted by Gasteiger charge is 2.05. The van der Waals surface area contributed by atoms with E-state index < -0.39 is 0 Å². The van der Waals surface area contributed by atoms with Gasteiger partial charge in [-0.05, 0) is 26.2 Å². The fourth-order valence-electron chi connectivity index (χ4n) is 1.09. The highest BCUT2D eigenvalue weighted by Crippen LogP contribution is 1.99. The zero-order valence-corrected chi connectivity index (χ0v) is 10.6. The normalized spacial score (nSPS) is 12.5. The van der Waals surface area contributed by atoms with E-state index in [-0.39, 0.29) is 11.9 Å². The first-order chi connectivity index (χ1) is 6.70. The molecule has 0 bridgehead atoms. The number of carbonyl (C=O) groups is 1. The van der Waals surface area contributed by atoms with E-state index in [1.807, 2.05) is 6.92 Å². The van der Waals surface area contributed by atoms with Crippen LogP contribution in [0.1, 0.15) is 32.6 Å². The Hall–Kier alpha value is -0.0900. The molecular formula is C10H20BrNO2. The molecule has 0 aliphatic carbocycles. The van der Waals surface area contributed by atoms with Crippen molar-refractivity contribution in [3.05, 3.63) is 0 Å². The lowest BCUT2D eigenvalue weighted by atomic mass is 10.2. The highest BCUT2D eigenvalue weighted by molar-refractivity contribution is 9.09. The largest absolute Gasteiger partial charge is 0.385 e. The molecule has 1 atom stereocenters. The maximum atomic E-state index is 11.3. The third-order valence-electron chi connectivity index (χ3n) is 1.95. The van der Waals surface area contributed by atoms with E-state index in [1.54, 1.807) is 7.11 Å². The van der Waals surface area contributed by atoms with E-state index in [2.05, 4.69) is 21.2 Å². The van der Waals surface area contributed by atoms with Crippen molar-refractivity contribution in [1.29, 1.82) is 0 Å². The van der Waals surface area contributed by atoms with Crippen LogP contribution in [0.15, 0.2) is 0 Å². The van der Waals surface area contributed by atoms with Gasteiger partial charge in [0.1, 0.15) is 0 Å². The number of unbranched alkanes of at least 4 members (excludes halogenated alkanes) is 1. The second-order valence-corrected chi connectivity index (χ2v) is 4.19. The van der Waals surface area contributed by atoms with E-state index in [0.717, 1.165) is 24.6 Å². The zero-order chi connectivity index (χ0) is 10.8. The zero-order valence-electron chi connectivity index (χ0n) is 9.01. The third-order valence-corrected chi connectivity index (χ3v) is 2.51. The first kappa shape index (κ1) is 13.9. The molecule has 0 radical (unpaired) electrons. The van der Waals surface area contributed by atoms with Crippen LogP contribution in [0, 0.1) is 0 Å². The summed E-state index contributed by atoms with van der Waals surface area (Å²) in [5.74, 6) is 0.148. The summed E-state index contributed by atoms with van der Waals surface area (Å²) in [6, 6.07) is 0.214. The van der Waals surface area contributed by atoms with Crippen LogP contribution in [0.3, 0.4) is 0 Å². The van der Waals surface area contributed by atoms with E-state index in [4.69, 9.17) is 4.74 Å². The monoisotopic (exact) mass is 265 g/mol. The number of methoxy groups -OCH3 is 1. The van der Waals surface area contributed by atoms with Crippen LogP contribution >= 0.6 is 15.9 Å². The molecule has 0 aromatic rings. The van der Waals surface area contributed by atoms with E-state index >= 15 is 0 Å². The van der Waals surface area contributed by atoms with Crippen molar-refractivity contribution in [3.63, 3.8) is 0 Å². The number of halogens is 1. The van der Waals surface area contributed by atoms with Gasteiger partial charge in [0.2, 0.25) is 5.91 Å². The maximum Gasteiger partial charge on any atom is 0.220 e. The Bertz CT molecular complexity index is 153. The highest BCUT2D eigenvalue weighted by atomic mass is 79.9. The van der Waals surface area contributed by atoms with Crippen molar-refractivity contribution in [2.24, 2.45) is 0 Å². The topological polar surface area (TPSA) is 38.3 Å². The smallest absolute Gasteiger partial charge is 0.220 e. The lowest BCUT2D eigenvalue weighted by Crippen LogP contribution is -2.33. The molecule has 84 valence electrons. The number of hydrogen-bond donors (Lipinski definition) is 1. The van der Waals surface area contributed by atoms with E-state index in [1.165, 1.54) is 0 Å². The molecule has 0 saturated heterocycles. The van der Waals surface area contributed by atoms with Gasteiger partial charge < -0.3 is 10.1 Å². The first-order valence-electron chi connectivity index (χ1n) is 5.05. The lowest BCUT2D eigenvalue weighted by molar-refractivity contribution is -0.121. The van der Waals surface area contributed by atoms with Gasteiger partial charge in [0.15, 0.2) is 0 Å². The minimum atomic E-state index is 0.148. The molecule has 0 aromatic heterocycles. The van der Waals surface area contributed by atoms with Crippen LogP contribution in [-0.2, 0) is 9.53 Å². The van der Waals surface area contributed by atoms with Crippen LogP contribution in [0.5, 0.6) is 0 Å². The summed E-state index contributed by atoms with van der Waals surface area (Å²) in [6.45, 7) is 2.70. The summed E-state index contributed by atoms with van der Waals surface area (Å²) < 4.78 is 4.94. The Labute approximate surface area is 94.7 Å². The second kappa shape index (κ2) is 9.46. The summed E-state index contributed by atoms with van der Waals surface area (Å²) in [5.41, 5.74) is 0. The standard InChI is InChI=1S/C10H20BrNO2/c1-9(6-8-14-2)12-10(13)5-3-4-7-11/h9H,3-8H2,1-2H3,(H,12,13). The molecule has 0 heterocycles. The van der Waals surface area contributed by atoms with Crippen LogP contribution in [-0.4, -0.2) is 31.0 Å². The van der Waals surface area contributed by atoms with E-state index in [9.17, 15) is 4.79 Å². The molecular weight excluding hydrogens is 246 g/mol. The predicted octanol–water partition coefficient (Wildman–Crippen LogP) is 2.09. The fourth-order valence-corrected chi connectivity index (χ4v) is 1.49. The quantitative estimate of drug-likeness (QED) is 0.539. The number of rotatable bonds is 8. The van der Waals surface area contributed by atoms with Crippen LogP contribution in [0.2, 0.25) is 0 Å². The van der Waals surface area contributed by atoms with Gasteiger partial charge in [-0.15, -0.1) is 0 Å². The number of amides is 1. The molecule has 0 aromatic carbocycles. The van der Waals surface area contributed by atoms with Crippen molar-refractivity contribution >= 4 is 21.8 Å².